The maximum absolute atomic E-state index is 14.1. The Balaban J connectivity index is 1.50. The Labute approximate surface area is 243 Å². The predicted octanol–water partition coefficient (Wildman–Crippen LogP) is 3.98. The van der Waals surface area contributed by atoms with Crippen molar-refractivity contribution in [1.29, 1.82) is 0 Å². The van der Waals surface area contributed by atoms with Crippen LogP contribution in [0.2, 0.25) is 0 Å². The van der Waals surface area contributed by atoms with E-state index in [9.17, 15) is 32.9 Å². The molecule has 9 nitrogen and oxygen atoms in total. The van der Waals surface area contributed by atoms with Crippen LogP contribution in [0.1, 0.15) is 48.2 Å². The summed E-state index contributed by atoms with van der Waals surface area (Å²) < 4.78 is 68.8. The number of aromatic nitrogens is 4. The summed E-state index contributed by atoms with van der Waals surface area (Å²) in [5.41, 5.74) is -0.796. The van der Waals surface area contributed by atoms with Crippen LogP contribution in [0.4, 0.5) is 17.6 Å². The molecule has 0 radical (unpaired) electrons. The van der Waals surface area contributed by atoms with Crippen molar-refractivity contribution in [2.45, 2.75) is 79.2 Å². The first-order chi connectivity index (χ1) is 20.0. The molecule has 3 N–H and O–H groups in total. The monoisotopic (exact) mass is 612 g/mol. The van der Waals surface area contributed by atoms with Crippen LogP contribution >= 0.6 is 11.8 Å². The molecule has 1 aromatic carbocycles. The second-order valence-corrected chi connectivity index (χ2v) is 12.0. The SMILES string of the molecule is CO[C@@H]1[C@@H](n2cc(-c3ccc(F)c(F)c3)nn2)[C@@H](O)[C@@H](CO)O[C@H]1SC(c1ncccc1C)C1(O)CCC(F)(F)CC1. The van der Waals surface area contributed by atoms with E-state index in [1.165, 1.54) is 24.1 Å². The average Bonchev–Trinajstić information content (AvgIpc) is 3.45. The molecule has 2 aliphatic rings. The molecule has 42 heavy (non-hydrogen) atoms. The maximum Gasteiger partial charge on any atom is 0.248 e. The quantitative estimate of drug-likeness (QED) is 0.324. The smallest absolute Gasteiger partial charge is 0.248 e. The number of pyridine rings is 1. The number of hydrogen-bond donors (Lipinski definition) is 3. The van der Waals surface area contributed by atoms with Crippen LogP contribution in [0.5, 0.6) is 0 Å². The van der Waals surface area contributed by atoms with Crippen LogP contribution in [-0.4, -0.2) is 84.3 Å². The highest BCUT2D eigenvalue weighted by molar-refractivity contribution is 8.00. The fourth-order valence-electron chi connectivity index (χ4n) is 5.60. The first-order valence-corrected chi connectivity index (χ1v) is 14.4. The molecule has 1 saturated heterocycles. The lowest BCUT2D eigenvalue weighted by molar-refractivity contribution is -0.186. The maximum atomic E-state index is 14.1. The van der Waals surface area contributed by atoms with Gasteiger partial charge < -0.3 is 24.8 Å². The van der Waals surface area contributed by atoms with Gasteiger partial charge in [0.05, 0.1) is 29.3 Å². The number of methoxy groups -OCH3 is 1. The number of halogens is 4. The van der Waals surface area contributed by atoms with E-state index in [4.69, 9.17) is 9.47 Å². The molecule has 1 aliphatic heterocycles. The molecule has 3 heterocycles. The lowest BCUT2D eigenvalue weighted by Crippen LogP contribution is -2.56. The van der Waals surface area contributed by atoms with Gasteiger partial charge in [-0.05, 0) is 49.6 Å². The van der Waals surface area contributed by atoms with Gasteiger partial charge in [0.15, 0.2) is 11.6 Å². The Kier molecular flexibility index (Phi) is 8.93. The van der Waals surface area contributed by atoms with Crippen LogP contribution in [0.3, 0.4) is 0 Å². The van der Waals surface area contributed by atoms with Gasteiger partial charge in [-0.15, -0.1) is 16.9 Å². The van der Waals surface area contributed by atoms with Gasteiger partial charge >= 0.3 is 0 Å². The van der Waals surface area contributed by atoms with Gasteiger partial charge in [-0.1, -0.05) is 11.3 Å². The van der Waals surface area contributed by atoms with Gasteiger partial charge in [0.25, 0.3) is 0 Å². The van der Waals surface area contributed by atoms with E-state index in [1.807, 2.05) is 13.0 Å². The summed E-state index contributed by atoms with van der Waals surface area (Å²) in [6.07, 6.45) is -1.70. The molecule has 2 fully saturated rings. The zero-order valence-corrected chi connectivity index (χ0v) is 23.7. The number of benzene rings is 1. The molecule has 2 aromatic heterocycles. The number of hydrogen-bond acceptors (Lipinski definition) is 9. The van der Waals surface area contributed by atoms with Crippen LogP contribution in [0, 0.1) is 18.6 Å². The zero-order valence-electron chi connectivity index (χ0n) is 22.9. The number of rotatable bonds is 8. The highest BCUT2D eigenvalue weighted by Gasteiger charge is 2.53. The fraction of sp³-hybridized carbons (Fsp3) is 0.536. The number of alkyl halides is 2. The summed E-state index contributed by atoms with van der Waals surface area (Å²) in [6.45, 7) is 1.24. The van der Waals surface area contributed by atoms with Crippen molar-refractivity contribution < 1.29 is 42.4 Å². The van der Waals surface area contributed by atoms with Gasteiger partial charge in [-0.2, -0.15) is 0 Å². The molecular formula is C28H32F4N4O5S. The van der Waals surface area contributed by atoms with Crippen molar-refractivity contribution in [2.24, 2.45) is 0 Å². The number of aliphatic hydroxyl groups excluding tert-OH is 2. The summed E-state index contributed by atoms with van der Waals surface area (Å²) in [5, 5.41) is 40.4. The van der Waals surface area contributed by atoms with Gasteiger partial charge in [0, 0.05) is 31.7 Å². The summed E-state index contributed by atoms with van der Waals surface area (Å²) >= 11 is 1.12. The second-order valence-electron chi connectivity index (χ2n) is 10.8. The highest BCUT2D eigenvalue weighted by atomic mass is 32.2. The van der Waals surface area contributed by atoms with E-state index >= 15 is 0 Å². The average molecular weight is 613 g/mol. The lowest BCUT2D eigenvalue weighted by Gasteiger charge is -2.47. The van der Waals surface area contributed by atoms with Crippen molar-refractivity contribution in [3.05, 3.63) is 65.6 Å². The van der Waals surface area contributed by atoms with Crippen LogP contribution in [-0.2, 0) is 9.47 Å². The molecule has 0 bridgehead atoms. The van der Waals surface area contributed by atoms with Crippen LogP contribution in [0.25, 0.3) is 11.3 Å². The van der Waals surface area contributed by atoms with E-state index in [1.54, 1.807) is 12.3 Å². The minimum Gasteiger partial charge on any atom is -0.394 e. The molecule has 0 spiro atoms. The van der Waals surface area contributed by atoms with Gasteiger partial charge in [0.2, 0.25) is 5.92 Å². The van der Waals surface area contributed by atoms with Crippen molar-refractivity contribution in [3.63, 3.8) is 0 Å². The normalized spacial score (nSPS) is 28.0. The van der Waals surface area contributed by atoms with Crippen molar-refractivity contribution in [3.8, 4) is 11.3 Å². The molecule has 5 rings (SSSR count). The van der Waals surface area contributed by atoms with Crippen molar-refractivity contribution >= 4 is 11.8 Å². The Morgan fingerprint density at radius 3 is 2.55 bits per heavy atom. The molecule has 0 amide bonds. The van der Waals surface area contributed by atoms with E-state index in [0.717, 1.165) is 29.5 Å². The third-order valence-corrected chi connectivity index (χ3v) is 9.61. The van der Waals surface area contributed by atoms with Crippen molar-refractivity contribution in [2.75, 3.05) is 13.7 Å². The van der Waals surface area contributed by atoms with Gasteiger partial charge in [-0.3, -0.25) is 4.98 Å². The summed E-state index contributed by atoms with van der Waals surface area (Å²) in [4.78, 5) is 4.48. The lowest BCUT2D eigenvalue weighted by atomic mass is 9.79. The third-order valence-electron chi connectivity index (χ3n) is 8.03. The first kappa shape index (κ1) is 30.8. The predicted molar refractivity (Wildman–Crippen MR) is 145 cm³/mol. The number of thioether (sulfide) groups is 1. The number of aliphatic hydroxyl groups is 3. The number of nitrogens with zero attached hydrogens (tertiary/aromatic N) is 4. The summed E-state index contributed by atoms with van der Waals surface area (Å²) in [7, 11) is 1.39. The van der Waals surface area contributed by atoms with Crippen LogP contribution in [0.15, 0.2) is 42.7 Å². The molecule has 1 aliphatic carbocycles. The zero-order chi connectivity index (χ0) is 30.2. The van der Waals surface area contributed by atoms with E-state index < -0.39 is 77.6 Å². The van der Waals surface area contributed by atoms with Crippen LogP contribution < -0.4 is 0 Å². The Hall–Kier alpha value is -2.62. The largest absolute Gasteiger partial charge is 0.394 e. The fourth-order valence-corrected chi connectivity index (χ4v) is 7.36. The molecule has 1 saturated carbocycles. The van der Waals surface area contributed by atoms with E-state index in [0.29, 0.717) is 5.69 Å². The number of ether oxygens (including phenoxy) is 2. The summed E-state index contributed by atoms with van der Waals surface area (Å²) in [6, 6.07) is 5.85. The molecule has 1 unspecified atom stereocenters. The summed E-state index contributed by atoms with van der Waals surface area (Å²) in [5.74, 6) is -4.96. The highest BCUT2D eigenvalue weighted by Crippen LogP contribution is 2.53. The Morgan fingerprint density at radius 1 is 1.17 bits per heavy atom. The minimum absolute atomic E-state index is 0.172. The van der Waals surface area contributed by atoms with E-state index in [2.05, 4.69) is 15.3 Å². The first-order valence-electron chi connectivity index (χ1n) is 13.5. The topological polar surface area (TPSA) is 123 Å². The molecule has 6 atom stereocenters. The molecule has 14 heteroatoms. The van der Waals surface area contributed by atoms with E-state index in [-0.39, 0.29) is 24.1 Å². The van der Waals surface area contributed by atoms with Gasteiger partial charge in [0.1, 0.15) is 35.5 Å². The van der Waals surface area contributed by atoms with Gasteiger partial charge in [-0.25, -0.2) is 22.2 Å². The van der Waals surface area contributed by atoms with Crippen molar-refractivity contribution in [1.82, 2.24) is 20.0 Å². The second kappa shape index (κ2) is 12.2. The molecular weight excluding hydrogens is 580 g/mol. The Bertz CT molecular complexity index is 1390. The minimum atomic E-state index is -2.88. The number of aryl methyl sites for hydroxylation is 1. The third kappa shape index (κ3) is 6.06. The molecule has 228 valence electrons. The standard InChI is InChI=1S/C28H32F4N4O5S/c1-15-4-3-11-33-21(15)25(27(39)7-9-28(31,32)10-8-27)42-26-24(40-2)22(23(38)20(14-37)41-26)36-13-19(34-35-36)16-5-6-17(29)18(30)12-16/h3-6,11-13,20,22-26,37-39H,7-10,14H2,1-2H3/t20-,22+,23+,24-,25?,26+/m1/s1. The molecule has 3 aromatic rings. The Morgan fingerprint density at radius 2 is 1.90 bits per heavy atom.